The average Bonchev–Trinajstić information content (AvgIpc) is 2.83. The molecule has 8 nitrogen and oxygen atoms in total. The van der Waals surface area contributed by atoms with Crippen LogP contribution in [0.15, 0.2) is 12.1 Å². The van der Waals surface area contributed by atoms with Gasteiger partial charge in [-0.25, -0.2) is 0 Å². The van der Waals surface area contributed by atoms with Crippen molar-refractivity contribution in [3.05, 3.63) is 45.5 Å². The van der Waals surface area contributed by atoms with Crippen molar-refractivity contribution in [3.63, 3.8) is 0 Å². The van der Waals surface area contributed by atoms with E-state index in [0.29, 0.717) is 45.6 Å². The minimum atomic E-state index is -0.661. The molecule has 39 heavy (non-hydrogen) atoms. The van der Waals surface area contributed by atoms with Crippen LogP contribution in [0.25, 0.3) is 32.7 Å². The number of carbonyl (C=O) groups excluding carboxylic acids is 2. The maximum atomic E-state index is 12.0. The Balaban J connectivity index is 0.00000420. The standard InChI is InChI=1S/C30H30O8.Cr/c1-11(2)19-15-7-13(5)21(27(35)23(15)17(9-31)25(33)29(19)37)22-14(6)8-16-20(12(3)4)30(38)26(34)18(10-32)24(16)28(22)36;/h7-12,33-38H,1-6H3;. The summed E-state index contributed by atoms with van der Waals surface area (Å²) < 4.78 is 0. The van der Waals surface area contributed by atoms with E-state index in [9.17, 15) is 40.2 Å². The van der Waals surface area contributed by atoms with Gasteiger partial charge >= 0.3 is 0 Å². The first-order valence-electron chi connectivity index (χ1n) is 12.2. The minimum absolute atomic E-state index is 0. The third-order valence-corrected chi connectivity index (χ3v) is 7.22. The Bertz CT molecular complexity index is 1560. The zero-order valence-electron chi connectivity index (χ0n) is 22.4. The van der Waals surface area contributed by atoms with Gasteiger partial charge in [0.2, 0.25) is 0 Å². The summed E-state index contributed by atoms with van der Waals surface area (Å²) in [5.74, 6) is -3.57. The number of phenolic OH excluding ortho intramolecular Hbond substituents is 6. The SMILES string of the molecule is Cc1cc2c(C(C)C)c(O)c(O)c(C=O)c2c(O)c1-c1c(C)cc2c(C(C)C)c(O)c(O)c(C=O)c2c1O.[Cr]. The van der Waals surface area contributed by atoms with Crippen LogP contribution in [-0.4, -0.2) is 43.2 Å². The van der Waals surface area contributed by atoms with Crippen molar-refractivity contribution in [2.24, 2.45) is 0 Å². The number of phenols is 6. The van der Waals surface area contributed by atoms with Gasteiger partial charge in [0.15, 0.2) is 35.6 Å². The summed E-state index contributed by atoms with van der Waals surface area (Å²) in [5, 5.41) is 66.4. The molecule has 0 saturated heterocycles. The molecule has 4 aromatic carbocycles. The van der Waals surface area contributed by atoms with Crippen molar-refractivity contribution in [2.75, 3.05) is 0 Å². The second-order valence-electron chi connectivity index (χ2n) is 10.3. The van der Waals surface area contributed by atoms with E-state index in [1.54, 1.807) is 53.7 Å². The molecule has 0 heterocycles. The maximum absolute atomic E-state index is 12.0. The maximum Gasteiger partial charge on any atom is 0.169 e. The predicted molar refractivity (Wildman–Crippen MR) is 145 cm³/mol. The molecule has 204 valence electrons. The monoisotopic (exact) mass is 570 g/mol. The zero-order valence-corrected chi connectivity index (χ0v) is 23.6. The van der Waals surface area contributed by atoms with Crippen molar-refractivity contribution < 1.29 is 57.6 Å². The Kier molecular flexibility index (Phi) is 7.84. The molecule has 0 aromatic heterocycles. The van der Waals surface area contributed by atoms with E-state index >= 15 is 0 Å². The van der Waals surface area contributed by atoms with Gasteiger partial charge in [-0.1, -0.05) is 39.8 Å². The first-order valence-corrected chi connectivity index (χ1v) is 12.2. The summed E-state index contributed by atoms with van der Waals surface area (Å²) >= 11 is 0. The normalized spacial score (nSPS) is 11.4. The number of aldehydes is 2. The van der Waals surface area contributed by atoms with Crippen molar-refractivity contribution in [2.45, 2.75) is 53.4 Å². The van der Waals surface area contributed by atoms with Crippen LogP contribution in [0.5, 0.6) is 34.5 Å². The van der Waals surface area contributed by atoms with Crippen LogP contribution in [0.3, 0.4) is 0 Å². The summed E-state index contributed by atoms with van der Waals surface area (Å²) in [7, 11) is 0. The second-order valence-corrected chi connectivity index (χ2v) is 10.3. The van der Waals surface area contributed by atoms with E-state index < -0.39 is 34.5 Å². The van der Waals surface area contributed by atoms with Gasteiger partial charge in [0, 0.05) is 50.4 Å². The van der Waals surface area contributed by atoms with Gasteiger partial charge in [0.1, 0.15) is 11.5 Å². The molecule has 0 fully saturated rings. The first kappa shape index (κ1) is 29.6. The fourth-order valence-corrected chi connectivity index (χ4v) is 5.60. The fourth-order valence-electron chi connectivity index (χ4n) is 5.60. The quantitative estimate of drug-likeness (QED) is 0.119. The molecule has 0 aliphatic carbocycles. The average molecular weight is 571 g/mol. The van der Waals surface area contributed by atoms with Crippen LogP contribution in [-0.2, 0) is 17.4 Å². The molecular formula is C30H30CrO8. The Morgan fingerprint density at radius 3 is 1.13 bits per heavy atom. The smallest absolute Gasteiger partial charge is 0.169 e. The van der Waals surface area contributed by atoms with Crippen LogP contribution < -0.4 is 0 Å². The molecule has 9 heteroatoms. The van der Waals surface area contributed by atoms with Crippen molar-refractivity contribution in [3.8, 4) is 45.6 Å². The van der Waals surface area contributed by atoms with E-state index in [1.165, 1.54) is 0 Å². The topological polar surface area (TPSA) is 156 Å². The Morgan fingerprint density at radius 1 is 0.564 bits per heavy atom. The second kappa shape index (κ2) is 10.3. The number of hydrogen-bond acceptors (Lipinski definition) is 8. The van der Waals surface area contributed by atoms with Crippen LogP contribution in [0, 0.1) is 13.8 Å². The van der Waals surface area contributed by atoms with Gasteiger partial charge < -0.3 is 30.6 Å². The Morgan fingerprint density at radius 2 is 0.872 bits per heavy atom. The van der Waals surface area contributed by atoms with E-state index in [1.807, 2.05) is 0 Å². The summed E-state index contributed by atoms with van der Waals surface area (Å²) in [6, 6.07) is 3.31. The molecule has 0 unspecified atom stereocenters. The molecular weight excluding hydrogens is 540 g/mol. The minimum Gasteiger partial charge on any atom is -0.507 e. The zero-order chi connectivity index (χ0) is 28.4. The Hall–Kier alpha value is -3.93. The largest absolute Gasteiger partial charge is 0.507 e. The number of aryl methyl sites for hydroxylation is 2. The van der Waals surface area contributed by atoms with Gasteiger partial charge in [0.05, 0.1) is 11.1 Å². The molecule has 6 N–H and O–H groups in total. The van der Waals surface area contributed by atoms with Crippen LogP contribution in [0.1, 0.15) is 82.5 Å². The molecule has 0 atom stereocenters. The number of hydrogen-bond donors (Lipinski definition) is 6. The summed E-state index contributed by atoms with van der Waals surface area (Å²) in [6.07, 6.45) is 0.682. The number of rotatable bonds is 5. The van der Waals surface area contributed by atoms with Crippen molar-refractivity contribution in [1.29, 1.82) is 0 Å². The predicted octanol–water partition coefficient (Wildman–Crippen LogP) is 6.38. The van der Waals surface area contributed by atoms with Gasteiger partial charge in [-0.2, -0.15) is 0 Å². The summed E-state index contributed by atoms with van der Waals surface area (Å²) in [4.78, 5) is 24.0. The van der Waals surface area contributed by atoms with E-state index in [2.05, 4.69) is 0 Å². The molecule has 0 bridgehead atoms. The van der Waals surface area contributed by atoms with Gasteiger partial charge in [-0.15, -0.1) is 0 Å². The molecule has 4 rings (SSSR count). The van der Waals surface area contributed by atoms with Crippen LogP contribution >= 0.6 is 0 Å². The summed E-state index contributed by atoms with van der Waals surface area (Å²) in [6.45, 7) is 10.5. The first-order chi connectivity index (χ1) is 17.8. The van der Waals surface area contributed by atoms with Gasteiger partial charge in [-0.05, 0) is 47.6 Å². The molecule has 0 saturated carbocycles. The molecule has 4 aromatic rings. The molecule has 0 amide bonds. The van der Waals surface area contributed by atoms with Crippen molar-refractivity contribution >= 4 is 34.1 Å². The van der Waals surface area contributed by atoms with Crippen molar-refractivity contribution in [1.82, 2.24) is 0 Å². The molecule has 0 radical (unpaired) electrons. The molecule has 0 aliphatic heterocycles. The van der Waals surface area contributed by atoms with E-state index in [0.717, 1.165) is 0 Å². The van der Waals surface area contributed by atoms with Gasteiger partial charge in [0.25, 0.3) is 0 Å². The van der Waals surface area contributed by atoms with Gasteiger partial charge in [-0.3, -0.25) is 9.59 Å². The number of benzene rings is 4. The molecule has 0 aliphatic rings. The number of fused-ring (bicyclic) bond motifs is 2. The Labute approximate surface area is 235 Å². The third kappa shape index (κ3) is 4.13. The third-order valence-electron chi connectivity index (χ3n) is 7.22. The fraction of sp³-hybridized carbons (Fsp3) is 0.267. The van der Waals surface area contributed by atoms with Crippen LogP contribution in [0.2, 0.25) is 0 Å². The number of aromatic hydroxyl groups is 6. The number of carbonyl (C=O) groups is 2. The van der Waals surface area contributed by atoms with E-state index in [-0.39, 0.29) is 62.2 Å². The summed E-state index contributed by atoms with van der Waals surface area (Å²) in [5.41, 5.74) is 1.33. The molecule has 0 spiro atoms. The van der Waals surface area contributed by atoms with E-state index in [4.69, 9.17) is 0 Å². The van der Waals surface area contributed by atoms with Crippen LogP contribution in [0.4, 0.5) is 0 Å².